The smallest absolute Gasteiger partial charge is 0.325 e. The number of urea groups is 1. The van der Waals surface area contributed by atoms with Gasteiger partial charge in [0.2, 0.25) is 5.89 Å². The lowest BCUT2D eigenvalue weighted by Crippen LogP contribution is -2.25. The van der Waals surface area contributed by atoms with E-state index in [2.05, 4.69) is 46.3 Å². The molecule has 0 bridgehead atoms. The number of carbonyl (C=O) groups excluding carboxylic acids is 1. The molecule has 2 aromatic heterocycles. The molecular formula is C25H31N5O3S. The Morgan fingerprint density at radius 1 is 1.12 bits per heavy atom. The lowest BCUT2D eigenvalue weighted by atomic mass is 9.94. The molecule has 0 aliphatic carbocycles. The van der Waals surface area contributed by atoms with Crippen LogP contribution in [0.1, 0.15) is 50.1 Å². The average molecular weight is 482 g/mol. The summed E-state index contributed by atoms with van der Waals surface area (Å²) in [6.45, 7) is 10.2. The molecule has 0 unspecified atom stereocenters. The number of oxazole rings is 1. The van der Waals surface area contributed by atoms with E-state index in [0.29, 0.717) is 23.3 Å². The molecule has 0 radical (unpaired) electrons. The number of hydrogen-bond acceptors (Lipinski definition) is 7. The zero-order valence-corrected chi connectivity index (χ0v) is 20.7. The third kappa shape index (κ3) is 6.91. The highest BCUT2D eigenvalue weighted by atomic mass is 32.1. The molecule has 3 heterocycles. The lowest BCUT2D eigenvalue weighted by molar-refractivity contribution is 0.238. The summed E-state index contributed by atoms with van der Waals surface area (Å²) in [7, 11) is 0. The lowest BCUT2D eigenvalue weighted by Gasteiger charge is -2.15. The van der Waals surface area contributed by atoms with Crippen LogP contribution in [0.3, 0.4) is 0 Å². The summed E-state index contributed by atoms with van der Waals surface area (Å²) in [5, 5.41) is 6.07. The van der Waals surface area contributed by atoms with E-state index in [9.17, 15) is 4.79 Å². The summed E-state index contributed by atoms with van der Waals surface area (Å²) in [5.74, 6) is 2.16. The minimum atomic E-state index is -0.352. The normalized spacial score (nSPS) is 14.6. The standard InChI is InChI=1S/C25H31N5O3S/c1-25(2,3)21-17-26-22(33-21)11-10-20-16-27-24(34-20)29-23(31)28-18-6-8-19(9-7-18)32-15-14-30-12-4-5-13-30/h6-11,16-17H,4-5,12-15H2,1-3H3,(H2,27,28,29,31)/b11-10+. The molecule has 0 saturated carbocycles. The summed E-state index contributed by atoms with van der Waals surface area (Å²) in [5.41, 5.74) is 0.592. The number of thiazole rings is 1. The van der Waals surface area contributed by atoms with Gasteiger partial charge in [0.15, 0.2) is 5.13 Å². The Morgan fingerprint density at radius 3 is 2.59 bits per heavy atom. The predicted octanol–water partition coefficient (Wildman–Crippen LogP) is 5.72. The van der Waals surface area contributed by atoms with Crippen molar-refractivity contribution in [2.75, 3.05) is 36.9 Å². The SMILES string of the molecule is CC(C)(C)c1cnc(/C=C/c2cnc(NC(=O)Nc3ccc(OCCN4CCCC4)cc3)s2)o1. The molecule has 2 amide bonds. The molecule has 1 aromatic carbocycles. The Balaban J connectivity index is 1.23. The summed E-state index contributed by atoms with van der Waals surface area (Å²) in [4.78, 5) is 24.2. The molecule has 8 nitrogen and oxygen atoms in total. The number of amides is 2. The Labute approximate surface area is 204 Å². The number of nitrogens with zero attached hydrogens (tertiary/aromatic N) is 3. The highest BCUT2D eigenvalue weighted by Crippen LogP contribution is 2.25. The van der Waals surface area contributed by atoms with Crippen molar-refractivity contribution in [2.45, 2.75) is 39.0 Å². The van der Waals surface area contributed by atoms with Gasteiger partial charge in [-0.15, -0.1) is 0 Å². The highest BCUT2D eigenvalue weighted by Gasteiger charge is 2.18. The van der Waals surface area contributed by atoms with E-state index < -0.39 is 0 Å². The molecule has 1 aliphatic heterocycles. The minimum absolute atomic E-state index is 0.0886. The number of carbonyl (C=O) groups is 1. The maximum absolute atomic E-state index is 12.3. The van der Waals surface area contributed by atoms with Crippen molar-refractivity contribution in [1.82, 2.24) is 14.9 Å². The number of anilines is 2. The van der Waals surface area contributed by atoms with Gasteiger partial charge in [0.25, 0.3) is 0 Å². The summed E-state index contributed by atoms with van der Waals surface area (Å²) >= 11 is 1.36. The Morgan fingerprint density at radius 2 is 1.88 bits per heavy atom. The van der Waals surface area contributed by atoms with Crippen LogP contribution in [-0.4, -0.2) is 47.1 Å². The molecule has 1 saturated heterocycles. The fourth-order valence-corrected chi connectivity index (χ4v) is 4.19. The van der Waals surface area contributed by atoms with Crippen LogP contribution in [0.2, 0.25) is 0 Å². The van der Waals surface area contributed by atoms with Gasteiger partial charge in [-0.05, 0) is 56.3 Å². The second-order valence-corrected chi connectivity index (χ2v) is 10.3. The molecule has 1 aliphatic rings. The molecule has 4 rings (SSSR count). The first-order chi connectivity index (χ1) is 16.3. The molecule has 34 heavy (non-hydrogen) atoms. The van der Waals surface area contributed by atoms with Crippen LogP contribution < -0.4 is 15.4 Å². The van der Waals surface area contributed by atoms with E-state index in [-0.39, 0.29) is 11.4 Å². The van der Waals surface area contributed by atoms with Crippen molar-refractivity contribution in [1.29, 1.82) is 0 Å². The fourth-order valence-electron chi connectivity index (χ4n) is 3.48. The number of nitrogens with one attached hydrogen (secondary N) is 2. The second-order valence-electron chi connectivity index (χ2n) is 9.21. The van der Waals surface area contributed by atoms with Crippen LogP contribution in [-0.2, 0) is 5.41 Å². The van der Waals surface area contributed by atoms with E-state index in [1.54, 1.807) is 18.5 Å². The van der Waals surface area contributed by atoms with Crippen LogP contribution in [0.4, 0.5) is 15.6 Å². The Kier molecular flexibility index (Phi) is 7.64. The summed E-state index contributed by atoms with van der Waals surface area (Å²) < 4.78 is 11.6. The van der Waals surface area contributed by atoms with Crippen molar-refractivity contribution in [3.8, 4) is 5.75 Å². The van der Waals surface area contributed by atoms with E-state index in [1.807, 2.05) is 30.3 Å². The van der Waals surface area contributed by atoms with Crippen LogP contribution in [0, 0.1) is 0 Å². The topological polar surface area (TPSA) is 92.5 Å². The molecule has 9 heteroatoms. The van der Waals surface area contributed by atoms with Gasteiger partial charge in [-0.2, -0.15) is 0 Å². The number of likely N-dealkylation sites (tertiary alicyclic amines) is 1. The third-order valence-corrected chi connectivity index (χ3v) is 6.26. The average Bonchev–Trinajstić information content (AvgIpc) is 3.55. The van der Waals surface area contributed by atoms with Crippen molar-refractivity contribution < 1.29 is 13.9 Å². The van der Waals surface area contributed by atoms with Crippen LogP contribution in [0.5, 0.6) is 5.75 Å². The van der Waals surface area contributed by atoms with Crippen LogP contribution >= 0.6 is 11.3 Å². The van der Waals surface area contributed by atoms with E-state index in [0.717, 1.165) is 36.0 Å². The Hall–Kier alpha value is -3.17. The van der Waals surface area contributed by atoms with E-state index >= 15 is 0 Å². The molecule has 1 fully saturated rings. The summed E-state index contributed by atoms with van der Waals surface area (Å²) in [6.07, 6.45) is 9.66. The molecule has 2 N–H and O–H groups in total. The number of rotatable bonds is 8. The monoisotopic (exact) mass is 481 g/mol. The van der Waals surface area contributed by atoms with Gasteiger partial charge in [0.05, 0.1) is 6.20 Å². The van der Waals surface area contributed by atoms with Crippen molar-refractivity contribution >= 4 is 40.3 Å². The van der Waals surface area contributed by atoms with Crippen molar-refractivity contribution in [3.05, 3.63) is 53.2 Å². The number of ether oxygens (including phenoxy) is 1. The van der Waals surface area contributed by atoms with Gasteiger partial charge in [0, 0.05) is 34.8 Å². The van der Waals surface area contributed by atoms with Gasteiger partial charge < -0.3 is 14.5 Å². The maximum atomic E-state index is 12.3. The van der Waals surface area contributed by atoms with Crippen molar-refractivity contribution in [3.63, 3.8) is 0 Å². The van der Waals surface area contributed by atoms with E-state index in [4.69, 9.17) is 9.15 Å². The first kappa shape index (κ1) is 24.0. The van der Waals surface area contributed by atoms with Gasteiger partial charge in [-0.3, -0.25) is 10.2 Å². The zero-order valence-electron chi connectivity index (χ0n) is 19.8. The van der Waals surface area contributed by atoms with Crippen LogP contribution in [0.25, 0.3) is 12.2 Å². The number of hydrogen-bond donors (Lipinski definition) is 2. The minimum Gasteiger partial charge on any atom is -0.492 e. The molecule has 180 valence electrons. The fraction of sp³-hybridized carbons (Fsp3) is 0.400. The second kappa shape index (κ2) is 10.8. The molecule has 3 aromatic rings. The summed E-state index contributed by atoms with van der Waals surface area (Å²) in [6, 6.07) is 7.01. The number of aromatic nitrogens is 2. The molecular weight excluding hydrogens is 450 g/mol. The predicted molar refractivity (Wildman–Crippen MR) is 136 cm³/mol. The van der Waals surface area contributed by atoms with Gasteiger partial charge in [-0.25, -0.2) is 14.8 Å². The van der Waals surface area contributed by atoms with Gasteiger partial charge in [-0.1, -0.05) is 32.1 Å². The van der Waals surface area contributed by atoms with Crippen molar-refractivity contribution in [2.24, 2.45) is 0 Å². The van der Waals surface area contributed by atoms with Gasteiger partial charge >= 0.3 is 6.03 Å². The Bertz CT molecular complexity index is 1110. The number of benzene rings is 1. The first-order valence-corrected chi connectivity index (χ1v) is 12.3. The van der Waals surface area contributed by atoms with E-state index in [1.165, 1.54) is 24.2 Å². The zero-order chi connectivity index (χ0) is 24.0. The van der Waals surface area contributed by atoms with Crippen LogP contribution in [0.15, 0.2) is 41.1 Å². The quantitative estimate of drug-likeness (QED) is 0.428. The third-order valence-electron chi connectivity index (χ3n) is 5.38. The molecule has 0 atom stereocenters. The maximum Gasteiger partial charge on any atom is 0.325 e. The van der Waals surface area contributed by atoms with Gasteiger partial charge in [0.1, 0.15) is 18.1 Å². The first-order valence-electron chi connectivity index (χ1n) is 11.5. The molecule has 0 spiro atoms. The largest absolute Gasteiger partial charge is 0.492 e. The highest BCUT2D eigenvalue weighted by molar-refractivity contribution is 7.16.